The summed E-state index contributed by atoms with van der Waals surface area (Å²) in [4.78, 5) is 37.9. The van der Waals surface area contributed by atoms with Crippen LogP contribution in [0.2, 0.25) is 0 Å². The number of aliphatic hydroxyl groups excluding tert-OH is 2. The van der Waals surface area contributed by atoms with E-state index < -0.39 is 101 Å². The first-order valence-electron chi connectivity index (χ1n) is 12.7. The van der Waals surface area contributed by atoms with Crippen LogP contribution in [0.1, 0.15) is 26.3 Å². The summed E-state index contributed by atoms with van der Waals surface area (Å²) < 4.78 is 21.0. The first kappa shape index (κ1) is 31.4. The monoisotopic (exact) mass is 614 g/mol. The molecule has 0 radical (unpaired) electrons. The van der Waals surface area contributed by atoms with Gasteiger partial charge in [0.05, 0.1) is 11.1 Å². The first-order chi connectivity index (χ1) is 20.8. The Bertz CT molecular complexity index is 1520. The number of hydrogen-bond acceptors (Lipinski definition) is 15. The largest absolute Gasteiger partial charge is 0.504 e. The van der Waals surface area contributed by atoms with Crippen LogP contribution in [0, 0.1) is 0 Å². The average Bonchev–Trinajstić information content (AvgIpc) is 3.00. The van der Waals surface area contributed by atoms with Crippen LogP contribution >= 0.6 is 0 Å². The minimum Gasteiger partial charge on any atom is -0.504 e. The summed E-state index contributed by atoms with van der Waals surface area (Å²) in [5.41, 5.74) is -0.360. The zero-order chi connectivity index (χ0) is 32.1. The van der Waals surface area contributed by atoms with E-state index in [1.165, 1.54) is 6.08 Å². The molecule has 0 saturated carbocycles. The van der Waals surface area contributed by atoms with Crippen LogP contribution in [0.5, 0.6) is 34.5 Å². The fourth-order valence-corrected chi connectivity index (χ4v) is 4.01. The van der Waals surface area contributed by atoms with Crippen molar-refractivity contribution < 1.29 is 74.2 Å². The molecule has 3 aromatic rings. The van der Waals surface area contributed by atoms with Crippen molar-refractivity contribution in [2.24, 2.45) is 0 Å². The van der Waals surface area contributed by atoms with Crippen LogP contribution < -0.4 is 0 Å². The number of aromatic hydroxyl groups is 6. The minimum atomic E-state index is -2.05. The second-order valence-corrected chi connectivity index (χ2v) is 9.40. The highest BCUT2D eigenvalue weighted by molar-refractivity contribution is 5.92. The van der Waals surface area contributed by atoms with Crippen LogP contribution in [0.4, 0.5) is 0 Å². The lowest BCUT2D eigenvalue weighted by atomic mass is 9.99. The number of esters is 3. The molecule has 0 aliphatic carbocycles. The van der Waals surface area contributed by atoms with Gasteiger partial charge in [-0.05, 0) is 35.9 Å². The Labute approximate surface area is 247 Å². The third kappa shape index (κ3) is 7.09. The smallest absolute Gasteiger partial charge is 0.340 e. The molecule has 0 amide bonds. The highest BCUT2D eigenvalue weighted by Crippen LogP contribution is 2.37. The van der Waals surface area contributed by atoms with Crippen molar-refractivity contribution in [1.29, 1.82) is 0 Å². The topological polar surface area (TPSA) is 250 Å². The van der Waals surface area contributed by atoms with Gasteiger partial charge in [-0.25, -0.2) is 14.4 Å². The van der Waals surface area contributed by atoms with Gasteiger partial charge in [-0.2, -0.15) is 0 Å². The SMILES string of the molecule is O=C(/C=C/c1ccccc1)OC[C@H]1OC(OC(=O)c2cc(O)c(O)c(O)c2)[C@H](OC(=O)c2cc(O)c(O)c(O)c2)[C@@H](O)[C@@H]1O. The predicted molar refractivity (Wildman–Crippen MR) is 145 cm³/mol. The molecule has 1 fully saturated rings. The van der Waals surface area contributed by atoms with Crippen molar-refractivity contribution in [3.05, 3.63) is 77.4 Å². The highest BCUT2D eigenvalue weighted by Gasteiger charge is 2.49. The molecule has 0 bridgehead atoms. The van der Waals surface area contributed by atoms with Gasteiger partial charge in [0.15, 0.2) is 40.6 Å². The van der Waals surface area contributed by atoms with Crippen molar-refractivity contribution in [2.75, 3.05) is 6.61 Å². The van der Waals surface area contributed by atoms with Crippen LogP contribution in [0.3, 0.4) is 0 Å². The van der Waals surface area contributed by atoms with E-state index >= 15 is 0 Å². The molecule has 0 spiro atoms. The molecule has 1 saturated heterocycles. The maximum Gasteiger partial charge on any atom is 0.340 e. The Morgan fingerprint density at radius 3 is 1.75 bits per heavy atom. The van der Waals surface area contributed by atoms with E-state index in [9.17, 15) is 55.2 Å². The standard InChI is InChI=1S/C29H26O15/c30-16-8-14(9-17(31)22(16)35)27(39)43-26-25(38)24(37)20(12-41-21(34)7-6-13-4-2-1-3-5-13)42-29(26)44-28(40)15-10-18(32)23(36)19(33)11-15/h1-11,20,24-26,29-33,35-38H,12H2/b7-6+/t20-,24-,25+,26-,29?/m1/s1. The Morgan fingerprint density at radius 1 is 0.727 bits per heavy atom. The second kappa shape index (κ2) is 13.2. The van der Waals surface area contributed by atoms with E-state index in [1.807, 2.05) is 0 Å². The molecule has 1 aliphatic heterocycles. The molecule has 4 rings (SSSR count). The van der Waals surface area contributed by atoms with Gasteiger partial charge < -0.3 is 59.8 Å². The van der Waals surface area contributed by atoms with Crippen molar-refractivity contribution in [3.63, 3.8) is 0 Å². The number of carbonyl (C=O) groups is 3. The summed E-state index contributed by atoms with van der Waals surface area (Å²) in [5.74, 6) is -8.94. The normalized spacial score (nSPS) is 21.5. The average molecular weight is 615 g/mol. The number of carbonyl (C=O) groups excluding carboxylic acids is 3. The lowest BCUT2D eigenvalue weighted by Crippen LogP contribution is -2.61. The van der Waals surface area contributed by atoms with E-state index in [0.29, 0.717) is 5.56 Å². The number of aliphatic hydroxyl groups is 2. The zero-order valence-corrected chi connectivity index (χ0v) is 22.4. The molecule has 0 aromatic heterocycles. The number of hydrogen-bond donors (Lipinski definition) is 8. The molecule has 1 unspecified atom stereocenters. The Balaban J connectivity index is 1.55. The highest BCUT2D eigenvalue weighted by atomic mass is 16.7. The van der Waals surface area contributed by atoms with Gasteiger partial charge in [0.1, 0.15) is 24.9 Å². The van der Waals surface area contributed by atoms with Crippen molar-refractivity contribution in [3.8, 4) is 34.5 Å². The van der Waals surface area contributed by atoms with E-state index in [2.05, 4.69) is 0 Å². The van der Waals surface area contributed by atoms with E-state index in [0.717, 1.165) is 30.3 Å². The Hall–Kier alpha value is -5.51. The lowest BCUT2D eigenvalue weighted by Gasteiger charge is -2.41. The lowest BCUT2D eigenvalue weighted by molar-refractivity contribution is -0.285. The van der Waals surface area contributed by atoms with Crippen LogP contribution in [-0.2, 0) is 23.7 Å². The summed E-state index contributed by atoms with van der Waals surface area (Å²) in [6.07, 6.45) is -6.94. The van der Waals surface area contributed by atoms with E-state index in [-0.39, 0.29) is 0 Å². The fraction of sp³-hybridized carbons (Fsp3) is 0.207. The summed E-state index contributed by atoms with van der Waals surface area (Å²) in [6.45, 7) is -0.675. The van der Waals surface area contributed by atoms with Gasteiger partial charge in [0, 0.05) is 6.08 Å². The zero-order valence-electron chi connectivity index (χ0n) is 22.4. The Morgan fingerprint density at radius 2 is 1.23 bits per heavy atom. The van der Waals surface area contributed by atoms with Gasteiger partial charge in [0.2, 0.25) is 6.29 Å². The Kier molecular flexibility index (Phi) is 9.43. The molecular formula is C29H26O15. The summed E-state index contributed by atoms with van der Waals surface area (Å²) in [6, 6.07) is 11.6. The van der Waals surface area contributed by atoms with Gasteiger partial charge in [-0.3, -0.25) is 0 Å². The summed E-state index contributed by atoms with van der Waals surface area (Å²) in [7, 11) is 0. The predicted octanol–water partition coefficient (Wildman–Crippen LogP) is 1.01. The summed E-state index contributed by atoms with van der Waals surface area (Å²) in [5, 5.41) is 79.6. The minimum absolute atomic E-state index is 0.519. The first-order valence-corrected chi connectivity index (χ1v) is 12.7. The fourth-order valence-electron chi connectivity index (χ4n) is 4.01. The molecular weight excluding hydrogens is 588 g/mol. The van der Waals surface area contributed by atoms with Crippen LogP contribution in [-0.4, -0.2) is 96.1 Å². The molecule has 8 N–H and O–H groups in total. The van der Waals surface area contributed by atoms with Crippen molar-refractivity contribution in [2.45, 2.75) is 30.7 Å². The van der Waals surface area contributed by atoms with Crippen molar-refractivity contribution in [1.82, 2.24) is 0 Å². The molecule has 3 aromatic carbocycles. The molecule has 1 heterocycles. The number of phenols is 6. The van der Waals surface area contributed by atoms with Crippen LogP contribution in [0.25, 0.3) is 6.08 Å². The number of rotatable bonds is 8. The second-order valence-electron chi connectivity index (χ2n) is 9.40. The number of ether oxygens (including phenoxy) is 4. The number of phenolic OH excluding ortho intramolecular Hbond substituents is 6. The molecule has 15 heteroatoms. The van der Waals surface area contributed by atoms with Crippen LogP contribution in [0.15, 0.2) is 60.7 Å². The third-order valence-electron chi connectivity index (χ3n) is 6.32. The molecule has 15 nitrogen and oxygen atoms in total. The maximum absolute atomic E-state index is 12.9. The molecule has 5 atom stereocenters. The molecule has 1 aliphatic rings. The van der Waals surface area contributed by atoms with Crippen molar-refractivity contribution >= 4 is 24.0 Å². The van der Waals surface area contributed by atoms with Gasteiger partial charge in [0.25, 0.3) is 0 Å². The molecule has 232 valence electrons. The summed E-state index contributed by atoms with van der Waals surface area (Å²) >= 11 is 0. The van der Waals surface area contributed by atoms with E-state index in [1.54, 1.807) is 30.3 Å². The number of benzene rings is 3. The van der Waals surface area contributed by atoms with Gasteiger partial charge in [-0.1, -0.05) is 30.3 Å². The third-order valence-corrected chi connectivity index (χ3v) is 6.32. The quantitative estimate of drug-likeness (QED) is 0.0763. The van der Waals surface area contributed by atoms with Gasteiger partial charge in [-0.15, -0.1) is 0 Å². The molecule has 44 heavy (non-hydrogen) atoms. The van der Waals surface area contributed by atoms with Gasteiger partial charge >= 0.3 is 17.9 Å². The maximum atomic E-state index is 12.9. The van der Waals surface area contributed by atoms with E-state index in [4.69, 9.17) is 18.9 Å².